The summed E-state index contributed by atoms with van der Waals surface area (Å²) < 4.78 is 13.1. The zero-order valence-corrected chi connectivity index (χ0v) is 11.7. The first-order chi connectivity index (χ1) is 9.43. The maximum absolute atomic E-state index is 13.1. The lowest BCUT2D eigenvalue weighted by Crippen LogP contribution is -2.43. The second kappa shape index (κ2) is 7.47. The van der Waals surface area contributed by atoms with Crippen molar-refractivity contribution < 1.29 is 19.1 Å². The maximum Gasteiger partial charge on any atom is 0.323 e. The highest BCUT2D eigenvalue weighted by Gasteiger charge is 2.19. The maximum atomic E-state index is 13.1. The number of urea groups is 1. The number of carboxylic acid groups (broad SMARTS) is 1. The number of amides is 2. The lowest BCUT2D eigenvalue weighted by atomic mass is 10.2. The van der Waals surface area contributed by atoms with Gasteiger partial charge in [0.05, 0.1) is 0 Å². The highest BCUT2D eigenvalue weighted by Crippen LogP contribution is 2.08. The van der Waals surface area contributed by atoms with E-state index in [1.54, 1.807) is 19.2 Å². The second-order valence-electron chi connectivity index (χ2n) is 4.58. The van der Waals surface area contributed by atoms with Gasteiger partial charge in [0.1, 0.15) is 12.4 Å². The van der Waals surface area contributed by atoms with Gasteiger partial charge in [-0.05, 0) is 24.1 Å². The Bertz CT molecular complexity index is 479. The molecule has 20 heavy (non-hydrogen) atoms. The molecule has 0 aliphatic heterocycles. The molecule has 0 aliphatic rings. The number of halogens is 1. The van der Waals surface area contributed by atoms with E-state index in [1.807, 2.05) is 6.92 Å². The number of nitrogens with zero attached hydrogens (tertiary/aromatic N) is 2. The minimum atomic E-state index is -1.05. The normalized spacial score (nSPS) is 10.2. The zero-order valence-electron chi connectivity index (χ0n) is 11.7. The predicted octanol–water partition coefficient (Wildman–Crippen LogP) is 2.17. The Morgan fingerprint density at radius 2 is 2.05 bits per heavy atom. The number of hydrogen-bond donors (Lipinski definition) is 1. The fourth-order valence-corrected chi connectivity index (χ4v) is 1.89. The average Bonchev–Trinajstić information content (AvgIpc) is 2.36. The van der Waals surface area contributed by atoms with Gasteiger partial charge in [0.25, 0.3) is 0 Å². The van der Waals surface area contributed by atoms with E-state index >= 15 is 0 Å². The fourth-order valence-electron chi connectivity index (χ4n) is 1.89. The van der Waals surface area contributed by atoms with Gasteiger partial charge >= 0.3 is 12.0 Å². The van der Waals surface area contributed by atoms with Crippen LogP contribution >= 0.6 is 0 Å². The van der Waals surface area contributed by atoms with Crippen molar-refractivity contribution in [3.8, 4) is 0 Å². The van der Waals surface area contributed by atoms with Gasteiger partial charge < -0.3 is 14.9 Å². The fraction of sp³-hybridized carbons (Fsp3) is 0.429. The standard InChI is InChI=1S/C14H19FN2O3/c1-3-7-17(10-13(18)19)14(20)16(2)9-11-5-4-6-12(15)8-11/h4-6,8H,3,7,9-10H2,1-2H3,(H,18,19). The quantitative estimate of drug-likeness (QED) is 0.870. The van der Waals surface area contributed by atoms with Crippen LogP contribution in [0.15, 0.2) is 24.3 Å². The third-order valence-corrected chi connectivity index (χ3v) is 2.73. The number of benzene rings is 1. The largest absolute Gasteiger partial charge is 0.480 e. The van der Waals surface area contributed by atoms with Crippen LogP contribution in [0.5, 0.6) is 0 Å². The van der Waals surface area contributed by atoms with Crippen LogP contribution in [0.25, 0.3) is 0 Å². The summed E-state index contributed by atoms with van der Waals surface area (Å²) >= 11 is 0. The molecule has 0 aromatic heterocycles. The van der Waals surface area contributed by atoms with Gasteiger partial charge in [-0.2, -0.15) is 0 Å². The van der Waals surface area contributed by atoms with Crippen molar-refractivity contribution in [2.24, 2.45) is 0 Å². The van der Waals surface area contributed by atoms with E-state index in [4.69, 9.17) is 5.11 Å². The van der Waals surface area contributed by atoms with Crippen LogP contribution in [0.4, 0.5) is 9.18 Å². The van der Waals surface area contributed by atoms with Gasteiger partial charge in [-0.1, -0.05) is 19.1 Å². The summed E-state index contributed by atoms with van der Waals surface area (Å²) in [5, 5.41) is 8.81. The van der Waals surface area contributed by atoms with Gasteiger partial charge in [-0.15, -0.1) is 0 Å². The molecule has 0 saturated heterocycles. The van der Waals surface area contributed by atoms with Crippen LogP contribution < -0.4 is 0 Å². The van der Waals surface area contributed by atoms with Crippen molar-refractivity contribution in [1.29, 1.82) is 0 Å². The Morgan fingerprint density at radius 3 is 2.60 bits per heavy atom. The Morgan fingerprint density at radius 1 is 1.35 bits per heavy atom. The van der Waals surface area contributed by atoms with Gasteiger partial charge in [0.15, 0.2) is 0 Å². The summed E-state index contributed by atoms with van der Waals surface area (Å²) in [4.78, 5) is 25.6. The molecule has 0 heterocycles. The monoisotopic (exact) mass is 282 g/mol. The lowest BCUT2D eigenvalue weighted by molar-refractivity contribution is -0.137. The molecule has 0 saturated carbocycles. The van der Waals surface area contributed by atoms with Crippen molar-refractivity contribution in [2.75, 3.05) is 20.1 Å². The smallest absolute Gasteiger partial charge is 0.323 e. The van der Waals surface area contributed by atoms with Gasteiger partial charge in [0.2, 0.25) is 0 Å². The van der Waals surface area contributed by atoms with Crippen LogP contribution in [0.1, 0.15) is 18.9 Å². The molecule has 0 spiro atoms. The Kier molecular flexibility index (Phi) is 5.96. The zero-order chi connectivity index (χ0) is 15.1. The van der Waals surface area contributed by atoms with Crippen molar-refractivity contribution >= 4 is 12.0 Å². The molecule has 110 valence electrons. The van der Waals surface area contributed by atoms with E-state index in [0.29, 0.717) is 18.5 Å². The minimum Gasteiger partial charge on any atom is -0.480 e. The summed E-state index contributed by atoms with van der Waals surface area (Å²) in [6.45, 7) is 2.14. The third kappa shape index (κ3) is 4.87. The van der Waals surface area contributed by atoms with E-state index in [-0.39, 0.29) is 24.9 Å². The molecule has 1 rings (SSSR count). The molecule has 0 fully saturated rings. The van der Waals surface area contributed by atoms with Crippen molar-refractivity contribution in [2.45, 2.75) is 19.9 Å². The van der Waals surface area contributed by atoms with Crippen molar-refractivity contribution in [1.82, 2.24) is 9.80 Å². The van der Waals surface area contributed by atoms with Crippen LogP contribution in [0.2, 0.25) is 0 Å². The molecule has 0 unspecified atom stereocenters. The van der Waals surface area contributed by atoms with E-state index in [1.165, 1.54) is 21.9 Å². The van der Waals surface area contributed by atoms with Crippen LogP contribution in [-0.4, -0.2) is 47.0 Å². The second-order valence-corrected chi connectivity index (χ2v) is 4.58. The topological polar surface area (TPSA) is 60.9 Å². The predicted molar refractivity (Wildman–Crippen MR) is 72.8 cm³/mol. The van der Waals surface area contributed by atoms with Crippen LogP contribution in [0, 0.1) is 5.82 Å². The van der Waals surface area contributed by atoms with E-state index in [2.05, 4.69) is 0 Å². The summed E-state index contributed by atoms with van der Waals surface area (Å²) in [7, 11) is 1.57. The van der Waals surface area contributed by atoms with Crippen LogP contribution in [-0.2, 0) is 11.3 Å². The number of carbonyl (C=O) groups is 2. The van der Waals surface area contributed by atoms with Crippen molar-refractivity contribution in [3.05, 3.63) is 35.6 Å². The average molecular weight is 282 g/mol. The Labute approximate surface area is 117 Å². The molecule has 5 nitrogen and oxygen atoms in total. The lowest BCUT2D eigenvalue weighted by Gasteiger charge is -2.26. The summed E-state index contributed by atoms with van der Waals surface area (Å²) in [6, 6.07) is 5.60. The molecule has 1 aromatic carbocycles. The first-order valence-electron chi connectivity index (χ1n) is 6.40. The van der Waals surface area contributed by atoms with Gasteiger partial charge in [-0.3, -0.25) is 4.79 Å². The number of carboxylic acids is 1. The van der Waals surface area contributed by atoms with Crippen LogP contribution in [0.3, 0.4) is 0 Å². The first kappa shape index (κ1) is 15.9. The summed E-state index contributed by atoms with van der Waals surface area (Å²) in [5.41, 5.74) is 0.660. The highest BCUT2D eigenvalue weighted by molar-refractivity contribution is 5.80. The molecule has 0 atom stereocenters. The molecule has 6 heteroatoms. The van der Waals surface area contributed by atoms with E-state index in [9.17, 15) is 14.0 Å². The molecule has 1 aromatic rings. The summed E-state index contributed by atoms with van der Waals surface area (Å²) in [5.74, 6) is -1.41. The molecule has 0 bridgehead atoms. The molecular weight excluding hydrogens is 263 g/mol. The molecule has 0 radical (unpaired) electrons. The number of carbonyl (C=O) groups excluding carboxylic acids is 1. The SMILES string of the molecule is CCCN(CC(=O)O)C(=O)N(C)Cc1cccc(F)c1. The molecule has 2 amide bonds. The number of hydrogen-bond acceptors (Lipinski definition) is 2. The molecule has 1 N–H and O–H groups in total. The number of aliphatic carboxylic acids is 1. The summed E-state index contributed by atoms with van der Waals surface area (Å²) in [6.07, 6.45) is 0.673. The van der Waals surface area contributed by atoms with Gasteiger partial charge in [0, 0.05) is 20.1 Å². The van der Waals surface area contributed by atoms with E-state index in [0.717, 1.165) is 0 Å². The van der Waals surface area contributed by atoms with E-state index < -0.39 is 5.97 Å². The van der Waals surface area contributed by atoms with Crippen molar-refractivity contribution in [3.63, 3.8) is 0 Å². The minimum absolute atomic E-state index is 0.233. The van der Waals surface area contributed by atoms with Gasteiger partial charge in [-0.25, -0.2) is 9.18 Å². The highest BCUT2D eigenvalue weighted by atomic mass is 19.1. The molecular formula is C14H19FN2O3. The Hall–Kier alpha value is -2.11. The first-order valence-corrected chi connectivity index (χ1v) is 6.40. The molecule has 0 aliphatic carbocycles. The third-order valence-electron chi connectivity index (χ3n) is 2.73. The Balaban J connectivity index is 2.70. The number of rotatable bonds is 6.